The summed E-state index contributed by atoms with van der Waals surface area (Å²) in [5, 5.41) is 13.8. The van der Waals surface area contributed by atoms with Crippen LogP contribution in [0.4, 0.5) is 0 Å². The third kappa shape index (κ3) is 4.51. The lowest BCUT2D eigenvalue weighted by atomic mass is 9.73. The zero-order valence-corrected chi connectivity index (χ0v) is 16.2. The van der Waals surface area contributed by atoms with Crippen LogP contribution in [0.25, 0.3) is 0 Å². The second-order valence-corrected chi connectivity index (χ2v) is 7.85. The van der Waals surface area contributed by atoms with Crippen LogP contribution < -0.4 is 5.32 Å². The van der Waals surface area contributed by atoms with Crippen LogP contribution >= 0.6 is 15.9 Å². The van der Waals surface area contributed by atoms with Crippen LogP contribution in [0.15, 0.2) is 21.7 Å². The molecule has 2 rings (SSSR count). The van der Waals surface area contributed by atoms with E-state index in [0.717, 1.165) is 42.8 Å². The maximum absolute atomic E-state index is 10.3. The van der Waals surface area contributed by atoms with E-state index in [0.29, 0.717) is 0 Å². The van der Waals surface area contributed by atoms with Crippen molar-refractivity contribution in [2.45, 2.75) is 45.3 Å². The highest BCUT2D eigenvalue weighted by molar-refractivity contribution is 9.10. The van der Waals surface area contributed by atoms with Crippen LogP contribution in [0, 0.1) is 5.41 Å². The lowest BCUT2D eigenvalue weighted by Gasteiger charge is -2.39. The molecule has 1 heterocycles. The van der Waals surface area contributed by atoms with Crippen LogP contribution in [-0.4, -0.2) is 47.3 Å². The Labute approximate surface area is 147 Å². The standard InChI is InChI=1S/C17H29BrN4O/c1-17(8-6-5-7-15(17)23)12-20-16(19-2)22(4)11-14-9-13(18)10-21(14)3/h9-10,15,23H,5-8,11-12H2,1-4H3,(H,19,20). The minimum atomic E-state index is -0.226. The first-order valence-electron chi connectivity index (χ1n) is 8.26. The number of rotatable bonds is 4. The second kappa shape index (κ2) is 7.71. The van der Waals surface area contributed by atoms with Gasteiger partial charge in [-0.15, -0.1) is 0 Å². The van der Waals surface area contributed by atoms with Gasteiger partial charge in [-0.05, 0) is 34.8 Å². The van der Waals surface area contributed by atoms with Gasteiger partial charge in [0, 0.05) is 49.5 Å². The Hall–Kier alpha value is -1.01. The van der Waals surface area contributed by atoms with E-state index in [1.165, 1.54) is 12.1 Å². The van der Waals surface area contributed by atoms with E-state index in [4.69, 9.17) is 0 Å². The maximum Gasteiger partial charge on any atom is 0.193 e. The minimum absolute atomic E-state index is 0.0664. The Kier molecular flexibility index (Phi) is 6.14. The van der Waals surface area contributed by atoms with Gasteiger partial charge in [0.25, 0.3) is 0 Å². The van der Waals surface area contributed by atoms with Crippen LogP contribution in [0.3, 0.4) is 0 Å². The van der Waals surface area contributed by atoms with Crippen molar-refractivity contribution in [1.29, 1.82) is 0 Å². The molecule has 0 spiro atoms. The highest BCUT2D eigenvalue weighted by Crippen LogP contribution is 2.35. The fourth-order valence-electron chi connectivity index (χ4n) is 3.29. The molecule has 0 aromatic carbocycles. The molecule has 0 saturated heterocycles. The monoisotopic (exact) mass is 384 g/mol. The summed E-state index contributed by atoms with van der Waals surface area (Å²) in [5.74, 6) is 0.862. The van der Waals surface area contributed by atoms with Gasteiger partial charge in [-0.1, -0.05) is 19.8 Å². The zero-order chi connectivity index (χ0) is 17.0. The van der Waals surface area contributed by atoms with Gasteiger partial charge in [0.2, 0.25) is 0 Å². The van der Waals surface area contributed by atoms with E-state index in [1.807, 2.05) is 14.1 Å². The van der Waals surface area contributed by atoms with Gasteiger partial charge in [-0.25, -0.2) is 0 Å². The van der Waals surface area contributed by atoms with Crippen molar-refractivity contribution in [2.75, 3.05) is 20.6 Å². The molecule has 6 heteroatoms. The number of aliphatic hydroxyl groups excluding tert-OH is 1. The first-order chi connectivity index (χ1) is 10.9. The Morgan fingerprint density at radius 2 is 2.30 bits per heavy atom. The van der Waals surface area contributed by atoms with E-state index in [9.17, 15) is 5.11 Å². The van der Waals surface area contributed by atoms with Crippen molar-refractivity contribution in [2.24, 2.45) is 17.5 Å². The van der Waals surface area contributed by atoms with Gasteiger partial charge in [0.15, 0.2) is 5.96 Å². The third-order valence-corrected chi connectivity index (χ3v) is 5.41. The molecule has 2 N–H and O–H groups in total. The maximum atomic E-state index is 10.3. The molecule has 130 valence electrons. The van der Waals surface area contributed by atoms with E-state index in [-0.39, 0.29) is 11.5 Å². The smallest absolute Gasteiger partial charge is 0.193 e. The van der Waals surface area contributed by atoms with Crippen LogP contribution in [0.5, 0.6) is 0 Å². The molecule has 2 unspecified atom stereocenters. The number of hydrogen-bond donors (Lipinski definition) is 2. The molecular weight excluding hydrogens is 356 g/mol. The fraction of sp³-hybridized carbons (Fsp3) is 0.706. The van der Waals surface area contributed by atoms with Crippen molar-refractivity contribution in [1.82, 2.24) is 14.8 Å². The van der Waals surface area contributed by atoms with Crippen molar-refractivity contribution in [3.63, 3.8) is 0 Å². The molecular formula is C17H29BrN4O. The number of hydrogen-bond acceptors (Lipinski definition) is 2. The molecule has 0 radical (unpaired) electrons. The summed E-state index contributed by atoms with van der Waals surface area (Å²) in [7, 11) is 5.89. The first kappa shape index (κ1) is 18.3. The Morgan fingerprint density at radius 1 is 1.57 bits per heavy atom. The van der Waals surface area contributed by atoms with Gasteiger partial charge >= 0.3 is 0 Å². The molecule has 1 saturated carbocycles. The topological polar surface area (TPSA) is 52.8 Å². The number of nitrogens with one attached hydrogen (secondary N) is 1. The molecule has 1 aliphatic rings. The van der Waals surface area contributed by atoms with E-state index < -0.39 is 0 Å². The predicted molar refractivity (Wildman–Crippen MR) is 98.5 cm³/mol. The predicted octanol–water partition coefficient (Wildman–Crippen LogP) is 2.74. The molecule has 1 fully saturated rings. The molecule has 2 atom stereocenters. The molecule has 0 bridgehead atoms. The number of nitrogens with zero attached hydrogens (tertiary/aromatic N) is 3. The van der Waals surface area contributed by atoms with Crippen molar-refractivity contribution >= 4 is 21.9 Å². The number of aryl methyl sites for hydroxylation is 1. The highest BCUT2D eigenvalue weighted by Gasteiger charge is 2.35. The summed E-state index contributed by atoms with van der Waals surface area (Å²) in [6.07, 6.45) is 6.13. The Morgan fingerprint density at radius 3 is 2.87 bits per heavy atom. The summed E-state index contributed by atoms with van der Waals surface area (Å²) in [6, 6.07) is 2.12. The number of halogens is 1. The fourth-order valence-corrected chi connectivity index (χ4v) is 3.87. The van der Waals surface area contributed by atoms with Gasteiger partial charge in [-0.3, -0.25) is 4.99 Å². The largest absolute Gasteiger partial charge is 0.392 e. The van der Waals surface area contributed by atoms with Crippen LogP contribution in [-0.2, 0) is 13.6 Å². The zero-order valence-electron chi connectivity index (χ0n) is 14.6. The second-order valence-electron chi connectivity index (χ2n) is 6.93. The summed E-state index contributed by atoms with van der Waals surface area (Å²) in [4.78, 5) is 6.50. The van der Waals surface area contributed by atoms with E-state index in [1.54, 1.807) is 7.05 Å². The van der Waals surface area contributed by atoms with Gasteiger partial charge in [-0.2, -0.15) is 0 Å². The number of guanidine groups is 1. The normalized spacial score (nSPS) is 25.5. The average Bonchev–Trinajstić information content (AvgIpc) is 2.81. The summed E-state index contributed by atoms with van der Waals surface area (Å²) < 4.78 is 3.20. The van der Waals surface area contributed by atoms with Crippen molar-refractivity contribution in [3.8, 4) is 0 Å². The lowest BCUT2D eigenvalue weighted by molar-refractivity contribution is 0.00368. The number of aliphatic imine (C=N–C) groups is 1. The van der Waals surface area contributed by atoms with E-state index in [2.05, 4.69) is 54.9 Å². The lowest BCUT2D eigenvalue weighted by Crippen LogP contribution is -2.48. The Bertz CT molecular complexity index is 557. The summed E-state index contributed by atoms with van der Waals surface area (Å²) in [5.41, 5.74) is 1.15. The average molecular weight is 385 g/mol. The number of aromatic nitrogens is 1. The molecule has 1 aromatic heterocycles. The Balaban J connectivity index is 1.95. The third-order valence-electron chi connectivity index (χ3n) is 4.98. The van der Waals surface area contributed by atoms with Crippen molar-refractivity contribution < 1.29 is 5.11 Å². The molecule has 0 aliphatic heterocycles. The van der Waals surface area contributed by atoms with Gasteiger partial charge < -0.3 is 19.9 Å². The number of aliphatic hydroxyl groups is 1. The minimum Gasteiger partial charge on any atom is -0.392 e. The van der Waals surface area contributed by atoms with Crippen LogP contribution in [0.1, 0.15) is 38.3 Å². The SMILES string of the molecule is CN=C(NCC1(C)CCCCC1O)N(C)Cc1cc(Br)cn1C. The first-order valence-corrected chi connectivity index (χ1v) is 9.05. The molecule has 5 nitrogen and oxygen atoms in total. The van der Waals surface area contributed by atoms with Gasteiger partial charge in [0.05, 0.1) is 12.6 Å². The molecule has 23 heavy (non-hydrogen) atoms. The molecule has 1 aliphatic carbocycles. The molecule has 0 amide bonds. The van der Waals surface area contributed by atoms with Crippen LogP contribution in [0.2, 0.25) is 0 Å². The quantitative estimate of drug-likeness (QED) is 0.619. The van der Waals surface area contributed by atoms with Gasteiger partial charge in [0.1, 0.15) is 0 Å². The van der Waals surface area contributed by atoms with Crippen molar-refractivity contribution in [3.05, 3.63) is 22.4 Å². The van der Waals surface area contributed by atoms with E-state index >= 15 is 0 Å². The summed E-state index contributed by atoms with van der Waals surface area (Å²) >= 11 is 3.51. The summed E-state index contributed by atoms with van der Waals surface area (Å²) in [6.45, 7) is 3.70. The highest BCUT2D eigenvalue weighted by atomic mass is 79.9. The molecule has 1 aromatic rings.